The molecule has 0 fully saturated rings. The van der Waals surface area contributed by atoms with Crippen molar-refractivity contribution in [1.82, 2.24) is 4.98 Å². The second-order valence-corrected chi connectivity index (χ2v) is 4.40. The van der Waals surface area contributed by atoms with Gasteiger partial charge in [0.15, 0.2) is 0 Å². The van der Waals surface area contributed by atoms with Crippen LogP contribution in [0.4, 0.5) is 0 Å². The van der Waals surface area contributed by atoms with E-state index < -0.39 is 0 Å². The number of aromatic nitrogens is 1. The van der Waals surface area contributed by atoms with Crippen LogP contribution >= 0.6 is 11.3 Å². The number of rotatable bonds is 4. The van der Waals surface area contributed by atoms with Crippen molar-refractivity contribution < 1.29 is 4.74 Å². The van der Waals surface area contributed by atoms with Gasteiger partial charge in [0.05, 0.1) is 12.8 Å². The highest BCUT2D eigenvalue weighted by Gasteiger charge is 2.02. The van der Waals surface area contributed by atoms with Gasteiger partial charge in [-0.3, -0.25) is 0 Å². The van der Waals surface area contributed by atoms with Crippen LogP contribution in [0.2, 0.25) is 0 Å². The normalized spacial score (nSPS) is 10.4. The summed E-state index contributed by atoms with van der Waals surface area (Å²) in [6.45, 7) is 0.521. The van der Waals surface area contributed by atoms with Crippen LogP contribution < -0.4 is 10.5 Å². The van der Waals surface area contributed by atoms with Crippen LogP contribution in [-0.2, 0) is 13.0 Å². The average Bonchev–Trinajstić information content (AvgIpc) is 2.78. The van der Waals surface area contributed by atoms with Gasteiger partial charge in [-0.15, -0.1) is 11.3 Å². The van der Waals surface area contributed by atoms with Crippen molar-refractivity contribution >= 4 is 11.3 Å². The second-order valence-electron chi connectivity index (χ2n) is 3.46. The Morgan fingerprint density at radius 3 is 2.62 bits per heavy atom. The first-order valence-electron chi connectivity index (χ1n) is 5.08. The standard InChI is InChI=1S/C12H14N2OS/c1-15-11-4-2-9(3-5-11)6-10-8-16-12(7-13)14-10/h2-5,8H,6-7,13H2,1H3. The molecule has 4 heteroatoms. The number of hydrogen-bond donors (Lipinski definition) is 1. The zero-order chi connectivity index (χ0) is 11.4. The number of nitrogens with two attached hydrogens (primary N) is 1. The molecule has 1 aromatic heterocycles. The Morgan fingerprint density at radius 1 is 1.31 bits per heavy atom. The highest BCUT2D eigenvalue weighted by Crippen LogP contribution is 2.16. The van der Waals surface area contributed by atoms with E-state index in [0.717, 1.165) is 22.9 Å². The van der Waals surface area contributed by atoms with Crippen molar-refractivity contribution in [2.75, 3.05) is 7.11 Å². The van der Waals surface area contributed by atoms with Crippen molar-refractivity contribution in [1.29, 1.82) is 0 Å². The summed E-state index contributed by atoms with van der Waals surface area (Å²) < 4.78 is 5.11. The molecule has 1 aromatic carbocycles. The molecule has 0 aliphatic carbocycles. The van der Waals surface area contributed by atoms with Crippen molar-refractivity contribution in [2.45, 2.75) is 13.0 Å². The Morgan fingerprint density at radius 2 is 2.06 bits per heavy atom. The van der Waals surface area contributed by atoms with Crippen LogP contribution in [0.5, 0.6) is 5.75 Å². The summed E-state index contributed by atoms with van der Waals surface area (Å²) in [4.78, 5) is 4.43. The lowest BCUT2D eigenvalue weighted by molar-refractivity contribution is 0.414. The number of thiazole rings is 1. The molecule has 0 saturated carbocycles. The molecule has 1 heterocycles. The molecule has 0 aliphatic rings. The Bertz CT molecular complexity index is 450. The van der Waals surface area contributed by atoms with Crippen LogP contribution in [0, 0.1) is 0 Å². The highest BCUT2D eigenvalue weighted by molar-refractivity contribution is 7.09. The summed E-state index contributed by atoms with van der Waals surface area (Å²) >= 11 is 1.62. The van der Waals surface area contributed by atoms with Crippen LogP contribution in [0.15, 0.2) is 29.6 Å². The molecule has 0 aliphatic heterocycles. The third-order valence-electron chi connectivity index (χ3n) is 2.32. The number of nitrogens with zero attached hydrogens (tertiary/aromatic N) is 1. The van der Waals surface area contributed by atoms with Gasteiger partial charge in [0.1, 0.15) is 10.8 Å². The number of hydrogen-bond acceptors (Lipinski definition) is 4. The lowest BCUT2D eigenvalue weighted by Gasteiger charge is -2.01. The average molecular weight is 234 g/mol. The predicted molar refractivity (Wildman–Crippen MR) is 65.8 cm³/mol. The lowest BCUT2D eigenvalue weighted by Crippen LogP contribution is -1.96. The molecule has 16 heavy (non-hydrogen) atoms. The van der Waals surface area contributed by atoms with Gasteiger partial charge in [-0.2, -0.15) is 0 Å². The van der Waals surface area contributed by atoms with Gasteiger partial charge < -0.3 is 10.5 Å². The lowest BCUT2D eigenvalue weighted by atomic mass is 10.1. The number of ether oxygens (including phenoxy) is 1. The molecule has 2 rings (SSSR count). The van der Waals surface area contributed by atoms with Crippen LogP contribution in [0.25, 0.3) is 0 Å². The third-order valence-corrected chi connectivity index (χ3v) is 3.24. The van der Waals surface area contributed by atoms with E-state index in [2.05, 4.69) is 22.5 Å². The maximum atomic E-state index is 5.53. The number of benzene rings is 1. The first-order valence-corrected chi connectivity index (χ1v) is 5.96. The van der Waals surface area contributed by atoms with Crippen molar-refractivity contribution in [3.63, 3.8) is 0 Å². The summed E-state index contributed by atoms with van der Waals surface area (Å²) in [6.07, 6.45) is 0.848. The fourth-order valence-corrected chi connectivity index (χ4v) is 2.15. The van der Waals surface area contributed by atoms with Crippen molar-refractivity contribution in [3.8, 4) is 5.75 Å². The molecule has 0 unspecified atom stereocenters. The Labute approximate surface area is 98.9 Å². The minimum absolute atomic E-state index is 0.521. The molecule has 0 saturated heterocycles. The molecule has 0 bridgehead atoms. The Balaban J connectivity index is 2.08. The fraction of sp³-hybridized carbons (Fsp3) is 0.250. The first-order chi connectivity index (χ1) is 7.81. The largest absolute Gasteiger partial charge is 0.497 e. The van der Waals surface area contributed by atoms with Crippen molar-refractivity contribution in [2.24, 2.45) is 5.73 Å². The van der Waals surface area contributed by atoms with Crippen LogP contribution in [0.3, 0.4) is 0 Å². The minimum Gasteiger partial charge on any atom is -0.497 e. The SMILES string of the molecule is COc1ccc(Cc2csc(CN)n2)cc1. The molecule has 0 spiro atoms. The van der Waals surface area contributed by atoms with E-state index in [4.69, 9.17) is 10.5 Å². The summed E-state index contributed by atoms with van der Waals surface area (Å²) in [6, 6.07) is 8.04. The molecule has 0 radical (unpaired) electrons. The topological polar surface area (TPSA) is 48.1 Å². The summed E-state index contributed by atoms with van der Waals surface area (Å²) in [5.41, 5.74) is 7.84. The zero-order valence-corrected chi connectivity index (χ0v) is 9.96. The van der Waals surface area contributed by atoms with E-state index in [1.165, 1.54) is 5.56 Å². The quantitative estimate of drug-likeness (QED) is 0.882. The van der Waals surface area contributed by atoms with Gasteiger partial charge in [-0.25, -0.2) is 4.98 Å². The first kappa shape index (κ1) is 11.1. The zero-order valence-electron chi connectivity index (χ0n) is 9.14. The van der Waals surface area contributed by atoms with Gasteiger partial charge in [0, 0.05) is 18.3 Å². The van der Waals surface area contributed by atoms with Gasteiger partial charge in [-0.1, -0.05) is 12.1 Å². The van der Waals surface area contributed by atoms with E-state index in [1.807, 2.05) is 12.1 Å². The van der Waals surface area contributed by atoms with Gasteiger partial charge in [-0.05, 0) is 17.7 Å². The second kappa shape index (κ2) is 5.09. The van der Waals surface area contributed by atoms with E-state index in [-0.39, 0.29) is 0 Å². The van der Waals surface area contributed by atoms with E-state index in [9.17, 15) is 0 Å². The Kier molecular flexibility index (Phi) is 3.54. The monoisotopic (exact) mass is 234 g/mol. The minimum atomic E-state index is 0.521. The molecule has 0 atom stereocenters. The maximum Gasteiger partial charge on any atom is 0.118 e. The van der Waals surface area contributed by atoms with E-state index in [0.29, 0.717) is 6.54 Å². The van der Waals surface area contributed by atoms with Gasteiger partial charge in [0.25, 0.3) is 0 Å². The molecular weight excluding hydrogens is 220 g/mol. The fourth-order valence-electron chi connectivity index (χ4n) is 1.48. The Hall–Kier alpha value is -1.39. The van der Waals surface area contributed by atoms with Crippen LogP contribution in [0.1, 0.15) is 16.3 Å². The molecule has 2 N–H and O–H groups in total. The smallest absolute Gasteiger partial charge is 0.118 e. The molecule has 3 nitrogen and oxygen atoms in total. The molecular formula is C12H14N2OS. The maximum absolute atomic E-state index is 5.53. The van der Waals surface area contributed by atoms with E-state index in [1.54, 1.807) is 18.4 Å². The molecule has 0 amide bonds. The van der Waals surface area contributed by atoms with Gasteiger partial charge >= 0.3 is 0 Å². The molecule has 84 valence electrons. The predicted octanol–water partition coefficient (Wildman–Crippen LogP) is 2.20. The number of methoxy groups -OCH3 is 1. The summed E-state index contributed by atoms with van der Waals surface area (Å²) in [5.74, 6) is 0.879. The highest BCUT2D eigenvalue weighted by atomic mass is 32.1. The van der Waals surface area contributed by atoms with Crippen molar-refractivity contribution in [3.05, 3.63) is 45.9 Å². The van der Waals surface area contributed by atoms with Crippen LogP contribution in [-0.4, -0.2) is 12.1 Å². The molecule has 2 aromatic rings. The van der Waals surface area contributed by atoms with E-state index >= 15 is 0 Å². The summed E-state index contributed by atoms with van der Waals surface area (Å²) in [5, 5.41) is 3.05. The third kappa shape index (κ3) is 2.59. The van der Waals surface area contributed by atoms with Gasteiger partial charge in [0.2, 0.25) is 0 Å². The summed E-state index contributed by atoms with van der Waals surface area (Å²) in [7, 11) is 1.67.